The second kappa shape index (κ2) is 8.32. The number of rotatable bonds is 6. The zero-order chi connectivity index (χ0) is 20.4. The molecule has 1 fully saturated rings. The molecule has 154 valence electrons. The molecular weight excluding hydrogens is 360 g/mol. The molecule has 0 aliphatic carbocycles. The number of anilines is 1. The van der Waals surface area contributed by atoms with Crippen molar-refractivity contribution in [2.45, 2.75) is 45.8 Å². The van der Waals surface area contributed by atoms with Crippen LogP contribution < -0.4 is 21.9 Å². The van der Waals surface area contributed by atoms with Crippen molar-refractivity contribution in [2.75, 3.05) is 31.7 Å². The first kappa shape index (κ1) is 20.3. The van der Waals surface area contributed by atoms with Gasteiger partial charge in [-0.1, -0.05) is 11.6 Å². The average molecular weight is 390 g/mol. The highest BCUT2D eigenvalue weighted by atomic mass is 16.5. The molecule has 0 bridgehead atoms. The second-order valence-corrected chi connectivity index (χ2v) is 7.62. The fourth-order valence-electron chi connectivity index (χ4n) is 3.61. The molecule has 0 amide bonds. The molecule has 3 rings (SSSR count). The molecule has 9 heteroatoms. The van der Waals surface area contributed by atoms with Gasteiger partial charge < -0.3 is 19.9 Å². The second-order valence-electron chi connectivity index (χ2n) is 7.62. The third kappa shape index (κ3) is 3.77. The summed E-state index contributed by atoms with van der Waals surface area (Å²) in [6.07, 6.45) is 4.01. The van der Waals surface area contributed by atoms with Crippen molar-refractivity contribution in [3.05, 3.63) is 32.5 Å². The van der Waals surface area contributed by atoms with Crippen molar-refractivity contribution >= 4 is 17.1 Å². The minimum Gasteiger partial charge on any atom is -0.383 e. The Morgan fingerprint density at radius 1 is 1.32 bits per heavy atom. The third-order valence-corrected chi connectivity index (χ3v) is 5.15. The Balaban J connectivity index is 2.28. The Hall–Kier alpha value is -2.39. The molecular formula is C19H30N6O3. The van der Waals surface area contributed by atoms with E-state index in [9.17, 15) is 9.59 Å². The molecule has 0 spiro atoms. The maximum atomic E-state index is 13.0. The van der Waals surface area contributed by atoms with E-state index in [1.807, 2.05) is 18.4 Å². The van der Waals surface area contributed by atoms with Gasteiger partial charge in [0.2, 0.25) is 5.95 Å². The first-order valence-electron chi connectivity index (χ1n) is 9.68. The van der Waals surface area contributed by atoms with Crippen molar-refractivity contribution in [1.29, 1.82) is 0 Å². The van der Waals surface area contributed by atoms with E-state index in [4.69, 9.17) is 15.5 Å². The predicted molar refractivity (Wildman–Crippen MR) is 110 cm³/mol. The third-order valence-electron chi connectivity index (χ3n) is 5.15. The molecule has 1 aliphatic heterocycles. The lowest BCUT2D eigenvalue weighted by Crippen LogP contribution is -2.44. The summed E-state index contributed by atoms with van der Waals surface area (Å²) < 4.78 is 9.72. The summed E-state index contributed by atoms with van der Waals surface area (Å²) in [5, 5.41) is 0. The summed E-state index contributed by atoms with van der Waals surface area (Å²) in [7, 11) is 3.08. The van der Waals surface area contributed by atoms with E-state index in [2.05, 4.69) is 11.0 Å². The van der Waals surface area contributed by atoms with Crippen molar-refractivity contribution in [3.63, 3.8) is 0 Å². The summed E-state index contributed by atoms with van der Waals surface area (Å²) >= 11 is 0. The van der Waals surface area contributed by atoms with Crippen LogP contribution in [0.2, 0.25) is 0 Å². The molecule has 0 aromatic carbocycles. The molecule has 1 unspecified atom stereocenters. The largest absolute Gasteiger partial charge is 0.383 e. The van der Waals surface area contributed by atoms with Crippen LogP contribution >= 0.6 is 0 Å². The molecule has 9 nitrogen and oxygen atoms in total. The lowest BCUT2D eigenvalue weighted by atomic mass is 10.1. The molecule has 0 saturated carbocycles. The Labute approximate surface area is 164 Å². The first-order chi connectivity index (χ1) is 13.3. The highest BCUT2D eigenvalue weighted by Gasteiger charge is 2.26. The van der Waals surface area contributed by atoms with E-state index in [-0.39, 0.29) is 17.3 Å². The molecule has 1 aliphatic rings. The fraction of sp³-hybridized carbons (Fsp3) is 0.632. The van der Waals surface area contributed by atoms with E-state index in [1.165, 1.54) is 11.6 Å². The number of nitrogens with two attached hydrogens (primary N) is 1. The van der Waals surface area contributed by atoms with Gasteiger partial charge in [0.1, 0.15) is 0 Å². The van der Waals surface area contributed by atoms with Crippen LogP contribution in [0.1, 0.15) is 26.7 Å². The van der Waals surface area contributed by atoms with E-state index in [0.717, 1.165) is 29.5 Å². The number of imidazole rings is 1. The van der Waals surface area contributed by atoms with Gasteiger partial charge in [0.15, 0.2) is 11.2 Å². The van der Waals surface area contributed by atoms with Crippen LogP contribution in [0.25, 0.3) is 11.2 Å². The van der Waals surface area contributed by atoms with Gasteiger partial charge >= 0.3 is 5.69 Å². The number of methoxy groups -OCH3 is 1. The lowest BCUT2D eigenvalue weighted by Gasteiger charge is -2.31. The van der Waals surface area contributed by atoms with E-state index >= 15 is 0 Å². The van der Waals surface area contributed by atoms with E-state index in [0.29, 0.717) is 43.4 Å². The van der Waals surface area contributed by atoms with Gasteiger partial charge in [-0.3, -0.25) is 13.9 Å². The first-order valence-corrected chi connectivity index (χ1v) is 9.68. The number of ether oxygens (including phenoxy) is 1. The van der Waals surface area contributed by atoms with Crippen molar-refractivity contribution in [3.8, 4) is 0 Å². The molecule has 3 heterocycles. The van der Waals surface area contributed by atoms with Gasteiger partial charge in [-0.25, -0.2) is 4.79 Å². The van der Waals surface area contributed by atoms with Crippen LogP contribution in [0.15, 0.2) is 21.2 Å². The molecule has 0 radical (unpaired) electrons. The molecule has 1 atom stereocenters. The normalized spacial score (nSPS) is 17.3. The Morgan fingerprint density at radius 3 is 2.71 bits per heavy atom. The SMILES string of the molecule is COCCn1c(=O)n(C)c(=O)c2c1nc(N1CCCC(N)C1)n2CC=C(C)C. The van der Waals surface area contributed by atoms with Crippen LogP contribution in [0, 0.1) is 0 Å². The summed E-state index contributed by atoms with van der Waals surface area (Å²) in [6.45, 7) is 6.74. The predicted octanol–water partition coefficient (Wildman–Crippen LogP) is 0.437. The molecule has 1 saturated heterocycles. The van der Waals surface area contributed by atoms with Crippen LogP contribution in [-0.4, -0.2) is 51.5 Å². The molecule has 28 heavy (non-hydrogen) atoms. The van der Waals surface area contributed by atoms with E-state index in [1.54, 1.807) is 7.11 Å². The van der Waals surface area contributed by atoms with Crippen LogP contribution in [-0.2, 0) is 24.9 Å². The van der Waals surface area contributed by atoms with Crippen molar-refractivity contribution in [2.24, 2.45) is 12.8 Å². The standard InChI is InChI=1S/C19H30N6O3/c1-13(2)7-9-24-15-16(21-18(24)23-8-5-6-14(20)12-23)25(10-11-28-4)19(27)22(3)17(15)26/h7,14H,5-6,8-12,20H2,1-4H3. The summed E-state index contributed by atoms with van der Waals surface area (Å²) in [4.78, 5) is 32.6. The number of aromatic nitrogens is 4. The summed E-state index contributed by atoms with van der Waals surface area (Å²) in [6, 6.07) is 0.0731. The Bertz CT molecular complexity index is 996. The van der Waals surface area contributed by atoms with Gasteiger partial charge in [0, 0.05) is 39.8 Å². The number of nitrogens with zero attached hydrogens (tertiary/aromatic N) is 5. The topological polar surface area (TPSA) is 100 Å². The van der Waals surface area contributed by atoms with Crippen molar-refractivity contribution < 1.29 is 4.74 Å². The molecule has 2 aromatic rings. The zero-order valence-electron chi connectivity index (χ0n) is 17.1. The Kier molecular flexibility index (Phi) is 6.04. The van der Waals surface area contributed by atoms with Crippen LogP contribution in [0.5, 0.6) is 0 Å². The van der Waals surface area contributed by atoms with Crippen molar-refractivity contribution in [1.82, 2.24) is 18.7 Å². The highest BCUT2D eigenvalue weighted by molar-refractivity contribution is 5.75. The van der Waals surface area contributed by atoms with Crippen LogP contribution in [0.4, 0.5) is 5.95 Å². The quantitative estimate of drug-likeness (QED) is 0.719. The maximum absolute atomic E-state index is 13.0. The number of hydrogen-bond donors (Lipinski definition) is 1. The van der Waals surface area contributed by atoms with Gasteiger partial charge in [-0.15, -0.1) is 0 Å². The number of hydrogen-bond acceptors (Lipinski definition) is 6. The summed E-state index contributed by atoms with van der Waals surface area (Å²) in [5.74, 6) is 0.691. The zero-order valence-corrected chi connectivity index (χ0v) is 17.1. The highest BCUT2D eigenvalue weighted by Crippen LogP contribution is 2.23. The average Bonchev–Trinajstić information content (AvgIpc) is 3.04. The fourth-order valence-corrected chi connectivity index (χ4v) is 3.61. The summed E-state index contributed by atoms with van der Waals surface area (Å²) in [5.41, 5.74) is 7.44. The smallest absolute Gasteiger partial charge is 0.332 e. The maximum Gasteiger partial charge on any atom is 0.332 e. The Morgan fingerprint density at radius 2 is 2.07 bits per heavy atom. The van der Waals surface area contributed by atoms with E-state index < -0.39 is 0 Å². The monoisotopic (exact) mass is 390 g/mol. The lowest BCUT2D eigenvalue weighted by molar-refractivity contribution is 0.186. The number of allylic oxidation sites excluding steroid dienone is 2. The molecule has 2 aromatic heterocycles. The van der Waals surface area contributed by atoms with Gasteiger partial charge in [0.25, 0.3) is 5.56 Å². The minimum atomic E-state index is -0.386. The van der Waals surface area contributed by atoms with Gasteiger partial charge in [-0.05, 0) is 26.7 Å². The number of piperidine rings is 1. The number of fused-ring (bicyclic) bond motifs is 1. The minimum absolute atomic E-state index is 0.0731. The van der Waals surface area contributed by atoms with Crippen LogP contribution in [0.3, 0.4) is 0 Å². The molecule has 2 N–H and O–H groups in total. The van der Waals surface area contributed by atoms with Gasteiger partial charge in [-0.2, -0.15) is 4.98 Å². The van der Waals surface area contributed by atoms with Gasteiger partial charge in [0.05, 0.1) is 13.2 Å².